The summed E-state index contributed by atoms with van der Waals surface area (Å²) in [4.78, 5) is 4.00. The predicted molar refractivity (Wildman–Crippen MR) is 66.1 cm³/mol. The summed E-state index contributed by atoms with van der Waals surface area (Å²) in [6.45, 7) is 1.60. The number of nitrogens with zero attached hydrogens (tertiary/aromatic N) is 2. The van der Waals surface area contributed by atoms with E-state index in [1.165, 1.54) is 24.4 Å². The fourth-order valence-electron chi connectivity index (χ4n) is 1.52. The van der Waals surface area contributed by atoms with E-state index in [4.69, 9.17) is 10.00 Å². The number of ether oxygens (including phenoxy) is 1. The van der Waals surface area contributed by atoms with E-state index in [0.29, 0.717) is 11.4 Å². The van der Waals surface area contributed by atoms with Crippen molar-refractivity contribution in [2.24, 2.45) is 0 Å². The minimum absolute atomic E-state index is 0.133. The summed E-state index contributed by atoms with van der Waals surface area (Å²) in [5, 5.41) is 18.2. The molecule has 4 nitrogen and oxygen atoms in total. The number of rotatable bonds is 3. The zero-order valence-corrected chi connectivity index (χ0v) is 10.2. The number of hydrogen-bond donors (Lipinski definition) is 1. The van der Waals surface area contributed by atoms with Gasteiger partial charge in [0.2, 0.25) is 0 Å². The molecule has 2 aromatic rings. The van der Waals surface area contributed by atoms with Gasteiger partial charge in [-0.2, -0.15) is 5.26 Å². The molecule has 5 heteroatoms. The summed E-state index contributed by atoms with van der Waals surface area (Å²) < 4.78 is 18.8. The van der Waals surface area contributed by atoms with E-state index in [1.807, 2.05) is 0 Å². The van der Waals surface area contributed by atoms with E-state index < -0.39 is 11.9 Å². The summed E-state index contributed by atoms with van der Waals surface area (Å²) >= 11 is 0. The average molecular weight is 258 g/mol. The smallest absolute Gasteiger partial charge is 0.148 e. The average Bonchev–Trinajstić information content (AvgIpc) is 2.39. The van der Waals surface area contributed by atoms with Crippen LogP contribution in [0, 0.1) is 17.1 Å². The van der Waals surface area contributed by atoms with Crippen molar-refractivity contribution in [1.29, 1.82) is 5.26 Å². The summed E-state index contributed by atoms with van der Waals surface area (Å²) in [5.41, 5.74) is 0.356. The van der Waals surface area contributed by atoms with Gasteiger partial charge in [-0.3, -0.25) is 4.98 Å². The molecule has 1 aromatic heterocycles. The van der Waals surface area contributed by atoms with Crippen LogP contribution in [0.1, 0.15) is 24.3 Å². The van der Waals surface area contributed by atoms with Gasteiger partial charge >= 0.3 is 0 Å². The third-order valence-electron chi connectivity index (χ3n) is 2.50. The van der Waals surface area contributed by atoms with Gasteiger partial charge in [0, 0.05) is 0 Å². The minimum Gasteiger partial charge on any atom is -0.454 e. The molecular weight excluding hydrogens is 247 g/mol. The molecule has 0 amide bonds. The zero-order valence-electron chi connectivity index (χ0n) is 10.2. The Labute approximate surface area is 109 Å². The van der Waals surface area contributed by atoms with Crippen molar-refractivity contribution >= 4 is 0 Å². The van der Waals surface area contributed by atoms with Crippen molar-refractivity contribution in [2.45, 2.75) is 13.0 Å². The summed E-state index contributed by atoms with van der Waals surface area (Å²) in [6.07, 6.45) is 0.742. The molecule has 0 radical (unpaired) electrons. The van der Waals surface area contributed by atoms with Crippen molar-refractivity contribution in [3.05, 3.63) is 53.6 Å². The Bertz CT molecular complexity index is 618. The van der Waals surface area contributed by atoms with Crippen LogP contribution in [0.5, 0.6) is 11.5 Å². The van der Waals surface area contributed by atoms with Crippen LogP contribution in [-0.4, -0.2) is 10.1 Å². The van der Waals surface area contributed by atoms with Crippen molar-refractivity contribution in [1.82, 2.24) is 4.98 Å². The van der Waals surface area contributed by atoms with Gasteiger partial charge in [-0.1, -0.05) is 6.07 Å². The highest BCUT2D eigenvalue weighted by molar-refractivity contribution is 5.45. The summed E-state index contributed by atoms with van der Waals surface area (Å²) in [7, 11) is 0. The van der Waals surface area contributed by atoms with Crippen molar-refractivity contribution < 1.29 is 14.2 Å². The lowest BCUT2D eigenvalue weighted by Gasteiger charge is -2.08. The maximum atomic E-state index is 13.4. The van der Waals surface area contributed by atoms with Crippen molar-refractivity contribution in [3.63, 3.8) is 0 Å². The van der Waals surface area contributed by atoms with E-state index in [9.17, 15) is 9.50 Å². The van der Waals surface area contributed by atoms with E-state index in [2.05, 4.69) is 4.98 Å². The van der Waals surface area contributed by atoms with E-state index >= 15 is 0 Å². The molecule has 0 saturated heterocycles. The van der Waals surface area contributed by atoms with Crippen LogP contribution in [0.4, 0.5) is 4.39 Å². The first kappa shape index (κ1) is 13.0. The lowest BCUT2D eigenvalue weighted by Crippen LogP contribution is -1.96. The molecular formula is C14H11FN2O2. The third-order valence-corrected chi connectivity index (χ3v) is 2.50. The van der Waals surface area contributed by atoms with Crippen LogP contribution in [0.2, 0.25) is 0 Å². The van der Waals surface area contributed by atoms with E-state index in [-0.39, 0.29) is 11.3 Å². The maximum Gasteiger partial charge on any atom is 0.148 e. The molecule has 1 N–H and O–H groups in total. The highest BCUT2D eigenvalue weighted by Gasteiger charge is 2.10. The summed E-state index contributed by atoms with van der Waals surface area (Å²) in [6, 6.07) is 9.11. The molecule has 0 aliphatic heterocycles. The number of aliphatic hydroxyl groups excluding tert-OH is 1. The molecule has 96 valence electrons. The predicted octanol–water partition coefficient (Wildman–Crippen LogP) is 2.94. The number of benzene rings is 1. The maximum absolute atomic E-state index is 13.4. The number of aromatic nitrogens is 1. The first-order chi connectivity index (χ1) is 9.11. The van der Waals surface area contributed by atoms with Gasteiger partial charge in [0.05, 0.1) is 18.0 Å². The van der Waals surface area contributed by atoms with Gasteiger partial charge in [-0.05, 0) is 31.2 Å². The molecule has 19 heavy (non-hydrogen) atoms. The molecule has 0 bridgehead atoms. The normalized spacial score (nSPS) is 11.7. The van der Waals surface area contributed by atoms with Gasteiger partial charge in [0.1, 0.15) is 28.9 Å². The molecule has 0 aliphatic carbocycles. The third kappa shape index (κ3) is 2.87. The topological polar surface area (TPSA) is 66.1 Å². The Morgan fingerprint density at radius 3 is 2.74 bits per heavy atom. The van der Waals surface area contributed by atoms with Crippen LogP contribution in [-0.2, 0) is 0 Å². The van der Waals surface area contributed by atoms with Crippen molar-refractivity contribution in [3.8, 4) is 17.6 Å². The second-order valence-electron chi connectivity index (χ2n) is 3.92. The van der Waals surface area contributed by atoms with E-state index in [1.54, 1.807) is 25.1 Å². The number of nitriles is 1. The van der Waals surface area contributed by atoms with Crippen molar-refractivity contribution in [2.75, 3.05) is 0 Å². The van der Waals surface area contributed by atoms with Crippen LogP contribution in [0.25, 0.3) is 0 Å². The minimum atomic E-state index is -0.669. The van der Waals surface area contributed by atoms with Crippen LogP contribution < -0.4 is 4.74 Å². The number of hydrogen-bond acceptors (Lipinski definition) is 4. The molecule has 0 aliphatic rings. The first-order valence-electron chi connectivity index (χ1n) is 5.62. The second-order valence-corrected chi connectivity index (χ2v) is 3.92. The molecule has 0 unspecified atom stereocenters. The number of pyridine rings is 1. The van der Waals surface area contributed by atoms with Crippen LogP contribution in [0.15, 0.2) is 36.5 Å². The highest BCUT2D eigenvalue weighted by Crippen LogP contribution is 2.26. The Morgan fingerprint density at radius 1 is 1.37 bits per heavy atom. The van der Waals surface area contributed by atoms with E-state index in [0.717, 1.165) is 0 Å². The molecule has 2 rings (SSSR count). The molecule has 0 spiro atoms. The monoisotopic (exact) mass is 258 g/mol. The van der Waals surface area contributed by atoms with Crippen LogP contribution >= 0.6 is 0 Å². The fraction of sp³-hybridized carbons (Fsp3) is 0.143. The Morgan fingerprint density at radius 2 is 2.16 bits per heavy atom. The van der Waals surface area contributed by atoms with Crippen LogP contribution in [0.3, 0.4) is 0 Å². The Balaban J connectivity index is 2.27. The van der Waals surface area contributed by atoms with Gasteiger partial charge in [0.15, 0.2) is 0 Å². The molecule has 0 fully saturated rings. The standard InChI is InChI=1S/C14H11FN2O2/c1-9(18)13-6-5-10(8-17-13)19-14-4-2-3-12(15)11(14)7-16/h2-6,8-9,18H,1H3/t9-/m1/s1. The summed E-state index contributed by atoms with van der Waals surface area (Å²) in [5.74, 6) is -0.130. The lowest BCUT2D eigenvalue weighted by atomic mass is 10.2. The zero-order chi connectivity index (χ0) is 13.8. The van der Waals surface area contributed by atoms with Gasteiger partial charge in [0.25, 0.3) is 0 Å². The molecule has 1 atom stereocenters. The number of halogens is 1. The molecule has 1 heterocycles. The lowest BCUT2D eigenvalue weighted by molar-refractivity contribution is 0.194. The largest absolute Gasteiger partial charge is 0.454 e. The quantitative estimate of drug-likeness (QED) is 0.919. The number of aliphatic hydroxyl groups is 1. The van der Waals surface area contributed by atoms with Gasteiger partial charge < -0.3 is 9.84 Å². The molecule has 0 saturated carbocycles. The highest BCUT2D eigenvalue weighted by atomic mass is 19.1. The Hall–Kier alpha value is -2.45. The second kappa shape index (κ2) is 5.46. The SMILES string of the molecule is C[C@@H](O)c1ccc(Oc2cccc(F)c2C#N)cn1. The molecule has 1 aromatic carbocycles. The fourth-order valence-corrected chi connectivity index (χ4v) is 1.52. The van der Waals surface area contributed by atoms with Gasteiger partial charge in [-0.15, -0.1) is 0 Å². The van der Waals surface area contributed by atoms with Gasteiger partial charge in [-0.25, -0.2) is 4.39 Å². The Kier molecular flexibility index (Phi) is 3.74. The first-order valence-corrected chi connectivity index (χ1v) is 5.62.